The van der Waals surface area contributed by atoms with Crippen molar-refractivity contribution >= 4 is 11.7 Å². The Morgan fingerprint density at radius 2 is 2.22 bits per heavy atom. The van der Waals surface area contributed by atoms with Gasteiger partial charge in [-0.2, -0.15) is 0 Å². The van der Waals surface area contributed by atoms with Gasteiger partial charge in [-0.25, -0.2) is 4.98 Å². The Kier molecular flexibility index (Phi) is 3.84. The van der Waals surface area contributed by atoms with Crippen LogP contribution in [0.5, 0.6) is 0 Å². The van der Waals surface area contributed by atoms with Gasteiger partial charge in [-0.15, -0.1) is 0 Å². The van der Waals surface area contributed by atoms with Crippen LogP contribution in [0.1, 0.15) is 42.2 Å². The summed E-state index contributed by atoms with van der Waals surface area (Å²) >= 11 is 0. The van der Waals surface area contributed by atoms with Crippen molar-refractivity contribution in [3.8, 4) is 0 Å². The molecule has 0 bridgehead atoms. The van der Waals surface area contributed by atoms with Gasteiger partial charge < -0.3 is 10.2 Å². The monoisotopic (exact) mass is 247 g/mol. The van der Waals surface area contributed by atoms with Gasteiger partial charge in [0, 0.05) is 30.9 Å². The van der Waals surface area contributed by atoms with Gasteiger partial charge in [-0.05, 0) is 38.3 Å². The molecule has 1 aliphatic rings. The number of nitrogens with zero attached hydrogens (tertiary/aromatic N) is 2. The molecule has 2 rings (SSSR count). The van der Waals surface area contributed by atoms with Crippen LogP contribution in [0.2, 0.25) is 0 Å². The van der Waals surface area contributed by atoms with E-state index in [-0.39, 0.29) is 5.91 Å². The zero-order chi connectivity index (χ0) is 13.1. The van der Waals surface area contributed by atoms with Crippen molar-refractivity contribution in [2.75, 3.05) is 18.9 Å². The Morgan fingerprint density at radius 1 is 1.50 bits per heavy atom. The van der Waals surface area contributed by atoms with Gasteiger partial charge in [0.05, 0.1) is 0 Å². The molecule has 0 aliphatic heterocycles. The Bertz CT molecular complexity index is 441. The number of carbonyl (C=O) groups is 1. The first-order valence-electron chi connectivity index (χ1n) is 6.63. The number of hydrogen-bond donors (Lipinski definition) is 1. The fraction of sp³-hybridized carbons (Fsp3) is 0.571. The smallest absolute Gasteiger partial charge is 0.254 e. The topological polar surface area (TPSA) is 45.2 Å². The lowest BCUT2D eigenvalue weighted by molar-refractivity contribution is 0.0743. The maximum atomic E-state index is 12.5. The number of carbonyl (C=O) groups excluding carboxylic acids is 1. The highest BCUT2D eigenvalue weighted by Gasteiger charge is 2.32. The Morgan fingerprint density at radius 3 is 2.78 bits per heavy atom. The maximum Gasteiger partial charge on any atom is 0.254 e. The van der Waals surface area contributed by atoms with E-state index in [1.807, 2.05) is 31.0 Å². The zero-order valence-electron chi connectivity index (χ0n) is 11.4. The van der Waals surface area contributed by atoms with Gasteiger partial charge in [-0.1, -0.05) is 6.92 Å². The summed E-state index contributed by atoms with van der Waals surface area (Å²) in [5.41, 5.74) is 1.62. The number of anilines is 1. The molecule has 1 aromatic rings. The molecule has 0 spiro atoms. The molecule has 0 saturated heterocycles. The molecular weight excluding hydrogens is 226 g/mol. The van der Waals surface area contributed by atoms with E-state index in [1.165, 1.54) is 0 Å². The molecule has 1 aromatic heterocycles. The molecule has 4 nitrogen and oxygen atoms in total. The first kappa shape index (κ1) is 12.9. The van der Waals surface area contributed by atoms with Crippen molar-refractivity contribution in [1.29, 1.82) is 0 Å². The molecule has 18 heavy (non-hydrogen) atoms. The lowest BCUT2D eigenvalue weighted by atomic mass is 10.2. The molecule has 1 fully saturated rings. The van der Waals surface area contributed by atoms with Crippen LogP contribution in [0.15, 0.2) is 12.1 Å². The summed E-state index contributed by atoms with van der Waals surface area (Å²) in [4.78, 5) is 18.8. The minimum atomic E-state index is 0.140. The quantitative estimate of drug-likeness (QED) is 0.869. The number of rotatable bonds is 5. The third-order valence-corrected chi connectivity index (χ3v) is 3.17. The highest BCUT2D eigenvalue weighted by atomic mass is 16.2. The predicted molar refractivity (Wildman–Crippen MR) is 72.9 cm³/mol. The number of pyridine rings is 1. The van der Waals surface area contributed by atoms with E-state index in [0.29, 0.717) is 6.04 Å². The largest absolute Gasteiger partial charge is 0.373 e. The van der Waals surface area contributed by atoms with Crippen molar-refractivity contribution in [2.45, 2.75) is 39.2 Å². The molecule has 1 amide bonds. The minimum Gasteiger partial charge on any atom is -0.373 e. The summed E-state index contributed by atoms with van der Waals surface area (Å²) in [5.74, 6) is 0.895. The Hall–Kier alpha value is -1.58. The van der Waals surface area contributed by atoms with E-state index in [1.54, 1.807) is 0 Å². The van der Waals surface area contributed by atoms with Crippen LogP contribution in [-0.4, -0.2) is 35.4 Å². The molecule has 4 heteroatoms. The third-order valence-electron chi connectivity index (χ3n) is 3.17. The molecule has 1 aliphatic carbocycles. The van der Waals surface area contributed by atoms with Gasteiger partial charge in [0.25, 0.3) is 5.91 Å². The number of aryl methyl sites for hydroxylation is 1. The van der Waals surface area contributed by atoms with Crippen LogP contribution in [0.25, 0.3) is 0 Å². The predicted octanol–water partition coefficient (Wildman–Crippen LogP) is 2.45. The summed E-state index contributed by atoms with van der Waals surface area (Å²) < 4.78 is 0. The van der Waals surface area contributed by atoms with Crippen molar-refractivity contribution < 1.29 is 4.79 Å². The third kappa shape index (κ3) is 2.81. The second-order valence-electron chi connectivity index (χ2n) is 4.86. The minimum absolute atomic E-state index is 0.140. The number of nitrogens with one attached hydrogen (secondary N) is 1. The highest BCUT2D eigenvalue weighted by Crippen LogP contribution is 2.28. The molecular formula is C14H21N3O. The Labute approximate surface area is 108 Å². The van der Waals surface area contributed by atoms with Crippen LogP contribution in [0.3, 0.4) is 0 Å². The van der Waals surface area contributed by atoms with Crippen molar-refractivity contribution in [1.82, 2.24) is 9.88 Å². The van der Waals surface area contributed by atoms with E-state index >= 15 is 0 Å². The van der Waals surface area contributed by atoms with Crippen molar-refractivity contribution in [3.63, 3.8) is 0 Å². The van der Waals surface area contributed by atoms with Crippen LogP contribution >= 0.6 is 0 Å². The molecule has 1 saturated carbocycles. The fourth-order valence-corrected chi connectivity index (χ4v) is 2.16. The van der Waals surface area contributed by atoms with Crippen molar-refractivity contribution in [2.24, 2.45) is 0 Å². The number of amides is 1. The summed E-state index contributed by atoms with van der Waals surface area (Å²) in [6.07, 6.45) is 3.30. The normalized spacial score (nSPS) is 14.4. The summed E-state index contributed by atoms with van der Waals surface area (Å²) in [6, 6.07) is 4.16. The van der Waals surface area contributed by atoms with Gasteiger partial charge >= 0.3 is 0 Å². The lowest BCUT2D eigenvalue weighted by Gasteiger charge is -2.22. The first-order valence-corrected chi connectivity index (χ1v) is 6.63. The van der Waals surface area contributed by atoms with Gasteiger partial charge in [0.2, 0.25) is 0 Å². The van der Waals surface area contributed by atoms with E-state index in [0.717, 1.165) is 42.9 Å². The summed E-state index contributed by atoms with van der Waals surface area (Å²) in [5, 5.41) is 3.00. The molecule has 1 heterocycles. The zero-order valence-corrected chi connectivity index (χ0v) is 11.4. The fourth-order valence-electron chi connectivity index (χ4n) is 2.16. The van der Waals surface area contributed by atoms with E-state index in [2.05, 4.69) is 17.2 Å². The SMILES string of the molecule is CCCN(C(=O)c1cc(C)nc(NC)c1)C1CC1. The molecule has 0 radical (unpaired) electrons. The average Bonchev–Trinajstić information content (AvgIpc) is 3.18. The van der Waals surface area contributed by atoms with E-state index in [9.17, 15) is 4.79 Å². The maximum absolute atomic E-state index is 12.5. The van der Waals surface area contributed by atoms with Crippen LogP contribution < -0.4 is 5.32 Å². The molecule has 0 atom stereocenters. The molecule has 98 valence electrons. The second-order valence-corrected chi connectivity index (χ2v) is 4.86. The summed E-state index contributed by atoms with van der Waals surface area (Å²) in [6.45, 7) is 4.87. The summed E-state index contributed by atoms with van der Waals surface area (Å²) in [7, 11) is 1.82. The van der Waals surface area contributed by atoms with Gasteiger partial charge in [0.1, 0.15) is 5.82 Å². The first-order chi connectivity index (χ1) is 8.65. The highest BCUT2D eigenvalue weighted by molar-refractivity contribution is 5.95. The van der Waals surface area contributed by atoms with Gasteiger partial charge in [0.15, 0.2) is 0 Å². The van der Waals surface area contributed by atoms with Crippen LogP contribution in [0, 0.1) is 6.92 Å². The lowest BCUT2D eigenvalue weighted by Crippen LogP contribution is -2.33. The van der Waals surface area contributed by atoms with Gasteiger partial charge in [-0.3, -0.25) is 4.79 Å². The Balaban J connectivity index is 2.23. The van der Waals surface area contributed by atoms with Crippen LogP contribution in [0.4, 0.5) is 5.82 Å². The second kappa shape index (κ2) is 5.38. The average molecular weight is 247 g/mol. The number of aromatic nitrogens is 1. The van der Waals surface area contributed by atoms with Crippen LogP contribution in [-0.2, 0) is 0 Å². The standard InChI is InChI=1S/C14H21N3O/c1-4-7-17(12-5-6-12)14(18)11-8-10(2)16-13(9-11)15-3/h8-9,12H,4-7H2,1-3H3,(H,15,16). The van der Waals surface area contributed by atoms with E-state index in [4.69, 9.17) is 0 Å². The number of hydrogen-bond acceptors (Lipinski definition) is 3. The molecule has 0 unspecified atom stereocenters. The van der Waals surface area contributed by atoms with E-state index < -0.39 is 0 Å². The molecule has 1 N–H and O–H groups in total. The van der Waals surface area contributed by atoms with Crippen molar-refractivity contribution in [3.05, 3.63) is 23.4 Å². The molecule has 0 aromatic carbocycles.